The minimum Gasteiger partial charge on any atom is -0.376 e. The molecule has 4 heterocycles. The van der Waals surface area contributed by atoms with Gasteiger partial charge in [-0.3, -0.25) is 9.89 Å². The van der Waals surface area contributed by atoms with E-state index in [0.717, 1.165) is 6.07 Å². The number of nitrogens with one attached hydrogen (secondary N) is 2. The first kappa shape index (κ1) is 22.6. The maximum Gasteiger partial charge on any atom is 0.422 e. The van der Waals surface area contributed by atoms with Gasteiger partial charge in [0.05, 0.1) is 28.3 Å². The zero-order valence-corrected chi connectivity index (χ0v) is 16.9. The molecule has 2 aromatic rings. The molecule has 2 aromatic heterocycles. The van der Waals surface area contributed by atoms with Gasteiger partial charge in [-0.15, -0.1) is 0 Å². The van der Waals surface area contributed by atoms with Crippen LogP contribution in [0, 0.1) is 0 Å². The fourth-order valence-electron chi connectivity index (χ4n) is 4.09. The Kier molecular flexibility index (Phi) is 5.31. The molecule has 0 saturated carbocycles. The number of amides is 1. The highest BCUT2D eigenvalue weighted by molar-refractivity contribution is 6.33. The van der Waals surface area contributed by atoms with Crippen LogP contribution in [0.4, 0.5) is 38.0 Å². The van der Waals surface area contributed by atoms with Crippen LogP contribution in [-0.2, 0) is 16.6 Å². The molecule has 1 unspecified atom stereocenters. The van der Waals surface area contributed by atoms with E-state index in [2.05, 4.69) is 20.5 Å². The zero-order chi connectivity index (χ0) is 23.5. The summed E-state index contributed by atoms with van der Waals surface area (Å²) in [6.45, 7) is 0.475. The molecule has 1 amide bonds. The molecule has 0 aromatic carbocycles. The Morgan fingerprint density at radius 1 is 1.19 bits per heavy atom. The number of H-pyrrole nitrogens is 1. The number of carbonyl (C=O) groups excluding carboxylic acids is 1. The standard InChI is InChI=1S/C18H16ClF6N5O2/c19-10-5-9(17(20,21)22)7-26-15(10)30-3-1-8(2-4-30)13-12-14(29-28-13)27-11(31)6-16(12,32)18(23,24)25/h5,7-8,32H,1-4,6H2,(H2,27,28,29,31). The van der Waals surface area contributed by atoms with Crippen molar-refractivity contribution in [3.05, 3.63) is 34.1 Å². The number of aromatic amines is 1. The van der Waals surface area contributed by atoms with E-state index in [0.29, 0.717) is 6.20 Å². The fourth-order valence-corrected chi connectivity index (χ4v) is 4.38. The molecule has 1 atom stereocenters. The third-order valence-electron chi connectivity index (χ3n) is 5.69. The van der Waals surface area contributed by atoms with Crippen molar-refractivity contribution in [1.82, 2.24) is 15.2 Å². The second-order valence-corrected chi connectivity index (χ2v) is 8.14. The number of nitrogens with zero attached hydrogens (tertiary/aromatic N) is 3. The van der Waals surface area contributed by atoms with Crippen molar-refractivity contribution in [3.8, 4) is 0 Å². The van der Waals surface area contributed by atoms with Gasteiger partial charge in [-0.05, 0) is 18.9 Å². The van der Waals surface area contributed by atoms with Gasteiger partial charge in [-0.25, -0.2) is 4.98 Å². The molecule has 1 saturated heterocycles. The van der Waals surface area contributed by atoms with Crippen molar-refractivity contribution < 1.29 is 36.2 Å². The number of aliphatic hydroxyl groups is 1. The monoisotopic (exact) mass is 483 g/mol. The number of hydrogen-bond acceptors (Lipinski definition) is 5. The van der Waals surface area contributed by atoms with E-state index in [9.17, 15) is 36.2 Å². The molecule has 7 nitrogen and oxygen atoms in total. The molecule has 14 heteroatoms. The van der Waals surface area contributed by atoms with Gasteiger partial charge in [-0.1, -0.05) is 11.6 Å². The maximum atomic E-state index is 13.7. The molecule has 1 fully saturated rings. The molecule has 0 bridgehead atoms. The summed E-state index contributed by atoms with van der Waals surface area (Å²) < 4.78 is 79.4. The second-order valence-electron chi connectivity index (χ2n) is 7.73. The number of pyridine rings is 1. The summed E-state index contributed by atoms with van der Waals surface area (Å²) in [5, 5.41) is 18.8. The molecule has 0 radical (unpaired) electrons. The first-order valence-corrected chi connectivity index (χ1v) is 9.84. The number of halogens is 7. The summed E-state index contributed by atoms with van der Waals surface area (Å²) in [5.41, 5.74) is -4.87. The summed E-state index contributed by atoms with van der Waals surface area (Å²) in [7, 11) is 0. The van der Waals surface area contributed by atoms with Gasteiger partial charge >= 0.3 is 12.4 Å². The van der Waals surface area contributed by atoms with E-state index in [1.807, 2.05) is 0 Å². The van der Waals surface area contributed by atoms with Gasteiger partial charge in [0, 0.05) is 25.2 Å². The van der Waals surface area contributed by atoms with E-state index in [1.54, 1.807) is 4.90 Å². The van der Waals surface area contributed by atoms with Gasteiger partial charge < -0.3 is 15.3 Å². The zero-order valence-electron chi connectivity index (χ0n) is 16.1. The topological polar surface area (TPSA) is 94.1 Å². The summed E-state index contributed by atoms with van der Waals surface area (Å²) in [4.78, 5) is 17.1. The fraction of sp³-hybridized carbons (Fsp3) is 0.500. The number of rotatable bonds is 2. The van der Waals surface area contributed by atoms with Crippen molar-refractivity contribution in [2.45, 2.75) is 43.1 Å². The number of fused-ring (bicyclic) bond motifs is 1. The van der Waals surface area contributed by atoms with Crippen molar-refractivity contribution in [2.75, 3.05) is 23.3 Å². The Morgan fingerprint density at radius 2 is 1.84 bits per heavy atom. The minimum atomic E-state index is -5.10. The van der Waals surface area contributed by atoms with Crippen molar-refractivity contribution in [1.29, 1.82) is 0 Å². The maximum absolute atomic E-state index is 13.7. The van der Waals surface area contributed by atoms with E-state index >= 15 is 0 Å². The van der Waals surface area contributed by atoms with Crippen LogP contribution in [-0.4, -0.2) is 45.5 Å². The first-order valence-electron chi connectivity index (χ1n) is 9.46. The molecule has 0 aliphatic carbocycles. The van der Waals surface area contributed by atoms with E-state index < -0.39 is 47.3 Å². The van der Waals surface area contributed by atoms with Gasteiger partial charge in [0.2, 0.25) is 5.91 Å². The lowest BCUT2D eigenvalue weighted by molar-refractivity contribution is -0.267. The second kappa shape index (κ2) is 7.51. The summed E-state index contributed by atoms with van der Waals surface area (Å²) >= 11 is 5.98. The predicted octanol–water partition coefficient (Wildman–Crippen LogP) is 3.95. The van der Waals surface area contributed by atoms with E-state index in [1.165, 1.54) is 0 Å². The normalized spacial score (nSPS) is 22.6. The van der Waals surface area contributed by atoms with E-state index in [4.69, 9.17) is 11.6 Å². The van der Waals surface area contributed by atoms with Crippen LogP contribution in [0.15, 0.2) is 12.3 Å². The largest absolute Gasteiger partial charge is 0.422 e. The highest BCUT2D eigenvalue weighted by Gasteiger charge is 2.61. The number of anilines is 2. The third-order valence-corrected chi connectivity index (χ3v) is 5.97. The third kappa shape index (κ3) is 3.76. The van der Waals surface area contributed by atoms with Crippen LogP contribution in [0.25, 0.3) is 0 Å². The van der Waals surface area contributed by atoms with Crippen molar-refractivity contribution >= 4 is 29.1 Å². The minimum absolute atomic E-state index is 0.00838. The smallest absolute Gasteiger partial charge is 0.376 e. The summed E-state index contributed by atoms with van der Waals surface area (Å²) in [5.74, 6) is -1.65. The highest BCUT2D eigenvalue weighted by Crippen LogP contribution is 2.50. The summed E-state index contributed by atoms with van der Waals surface area (Å²) in [6, 6.07) is 0.770. The van der Waals surface area contributed by atoms with E-state index in [-0.39, 0.29) is 48.3 Å². The Hall–Kier alpha value is -2.54. The Morgan fingerprint density at radius 3 is 2.41 bits per heavy atom. The molecule has 2 aliphatic rings. The van der Waals surface area contributed by atoms with Crippen LogP contribution in [0.5, 0.6) is 0 Å². The molecule has 174 valence electrons. The van der Waals surface area contributed by atoms with Crippen LogP contribution in [0.3, 0.4) is 0 Å². The Balaban J connectivity index is 1.56. The van der Waals surface area contributed by atoms with Crippen LogP contribution >= 0.6 is 11.6 Å². The van der Waals surface area contributed by atoms with Crippen LogP contribution in [0.2, 0.25) is 5.02 Å². The molecule has 4 rings (SSSR count). The van der Waals surface area contributed by atoms with Gasteiger partial charge in [-0.2, -0.15) is 31.4 Å². The molecule has 32 heavy (non-hydrogen) atoms. The van der Waals surface area contributed by atoms with Gasteiger partial charge in [0.1, 0.15) is 11.6 Å². The number of hydrogen-bond donors (Lipinski definition) is 3. The quantitative estimate of drug-likeness (QED) is 0.562. The molecular weight excluding hydrogens is 468 g/mol. The first-order chi connectivity index (χ1) is 14.8. The van der Waals surface area contributed by atoms with Crippen molar-refractivity contribution in [3.63, 3.8) is 0 Å². The molecule has 2 aliphatic heterocycles. The Bertz CT molecular complexity index is 1050. The number of piperidine rings is 1. The SMILES string of the molecule is O=C1CC(O)(C(F)(F)F)c2c(C3CCN(c4ncc(C(F)(F)F)cc4Cl)CC3)n[nH]c2N1. The average molecular weight is 484 g/mol. The van der Waals surface area contributed by atoms with Crippen molar-refractivity contribution in [2.24, 2.45) is 0 Å². The lowest BCUT2D eigenvalue weighted by atomic mass is 9.81. The van der Waals surface area contributed by atoms with Crippen LogP contribution < -0.4 is 10.2 Å². The average Bonchev–Trinajstić information content (AvgIpc) is 3.11. The molecule has 3 N–H and O–H groups in total. The van der Waals surface area contributed by atoms with Gasteiger partial charge in [0.25, 0.3) is 0 Å². The number of alkyl halides is 6. The van der Waals surface area contributed by atoms with Gasteiger partial charge in [0.15, 0.2) is 5.60 Å². The Labute approximate surface area is 181 Å². The molecule has 0 spiro atoms. The predicted molar refractivity (Wildman–Crippen MR) is 100 cm³/mol. The lowest BCUT2D eigenvalue weighted by Crippen LogP contribution is -2.49. The summed E-state index contributed by atoms with van der Waals surface area (Å²) in [6.07, 6.45) is -9.65. The lowest BCUT2D eigenvalue weighted by Gasteiger charge is -2.37. The molecular formula is C18H16ClF6N5O2. The number of aromatic nitrogens is 3. The highest BCUT2D eigenvalue weighted by atomic mass is 35.5. The van der Waals surface area contributed by atoms with Crippen LogP contribution in [0.1, 0.15) is 42.0 Å². The number of carbonyl (C=O) groups is 1.